The lowest BCUT2D eigenvalue weighted by atomic mass is 10.0. The first-order valence-electron chi connectivity index (χ1n) is 8.20. The van der Waals surface area contributed by atoms with Gasteiger partial charge in [-0.05, 0) is 30.5 Å². The first kappa shape index (κ1) is 18.4. The molecule has 3 aromatic rings. The Labute approximate surface area is 158 Å². The maximum Gasteiger partial charge on any atom is 0.233 e. The lowest BCUT2D eigenvalue weighted by Crippen LogP contribution is -2.18. The van der Waals surface area contributed by atoms with E-state index >= 15 is 0 Å². The molecule has 0 amide bonds. The molecule has 1 N–H and O–H groups in total. The molecule has 0 bridgehead atoms. The number of pyridine rings is 1. The average Bonchev–Trinajstić information content (AvgIpc) is 2.62. The summed E-state index contributed by atoms with van der Waals surface area (Å²) in [5.41, 5.74) is 3.91. The fourth-order valence-electron chi connectivity index (χ4n) is 2.63. The third-order valence-corrected chi connectivity index (χ3v) is 5.57. The number of hydrogen-bond acceptors (Lipinski definition) is 3. The van der Waals surface area contributed by atoms with Crippen molar-refractivity contribution in [1.29, 1.82) is 0 Å². The summed E-state index contributed by atoms with van der Waals surface area (Å²) < 4.78 is 27.8. The van der Waals surface area contributed by atoms with Crippen molar-refractivity contribution < 1.29 is 8.42 Å². The number of anilines is 1. The zero-order valence-electron chi connectivity index (χ0n) is 14.3. The first-order chi connectivity index (χ1) is 12.4. The number of nitrogens with zero attached hydrogens (tertiary/aromatic N) is 1. The molecule has 6 heteroatoms. The molecule has 0 radical (unpaired) electrons. The largest absolute Gasteiger partial charge is 0.283 e. The van der Waals surface area contributed by atoms with Crippen LogP contribution in [0.25, 0.3) is 11.1 Å². The highest BCUT2D eigenvalue weighted by molar-refractivity contribution is 7.92. The molecule has 0 saturated carbocycles. The quantitative estimate of drug-likeness (QED) is 0.625. The molecular weight excluding hydrogens is 368 g/mol. The molecule has 0 aliphatic carbocycles. The molecule has 134 valence electrons. The van der Waals surface area contributed by atoms with Crippen LogP contribution >= 0.6 is 11.6 Å². The molecule has 26 heavy (non-hydrogen) atoms. The van der Waals surface area contributed by atoms with Gasteiger partial charge in [0.1, 0.15) is 5.15 Å². The Morgan fingerprint density at radius 1 is 1.00 bits per heavy atom. The number of halogens is 1. The first-order valence-corrected chi connectivity index (χ1v) is 10.2. The van der Waals surface area contributed by atoms with Crippen LogP contribution in [0.5, 0.6) is 0 Å². The monoisotopic (exact) mass is 386 g/mol. The molecule has 0 atom stereocenters. The van der Waals surface area contributed by atoms with Gasteiger partial charge in [-0.25, -0.2) is 13.4 Å². The van der Waals surface area contributed by atoms with Crippen molar-refractivity contribution in [2.75, 3.05) is 10.5 Å². The number of benzene rings is 2. The standard InChI is InChI=1S/C20H19ClN2O2S/c1-15-7-9-17(10-8-15)19-18(11-13-22-20(19)21)23-26(24,25)14-12-16-5-3-2-4-6-16/h2-11,13H,12,14H2,1H3,(H,22,23). The Hall–Kier alpha value is -2.37. The highest BCUT2D eigenvalue weighted by atomic mass is 35.5. The second kappa shape index (κ2) is 7.89. The number of rotatable bonds is 6. The van der Waals surface area contributed by atoms with Gasteiger partial charge in [-0.3, -0.25) is 4.72 Å². The van der Waals surface area contributed by atoms with Crippen LogP contribution in [-0.2, 0) is 16.4 Å². The van der Waals surface area contributed by atoms with Crippen molar-refractivity contribution in [3.05, 3.63) is 83.1 Å². The number of aryl methyl sites for hydroxylation is 2. The van der Waals surface area contributed by atoms with Gasteiger partial charge in [0, 0.05) is 11.8 Å². The van der Waals surface area contributed by atoms with Crippen LogP contribution in [0.1, 0.15) is 11.1 Å². The summed E-state index contributed by atoms with van der Waals surface area (Å²) in [4.78, 5) is 4.09. The Balaban J connectivity index is 1.85. The van der Waals surface area contributed by atoms with E-state index in [0.717, 1.165) is 16.7 Å². The van der Waals surface area contributed by atoms with Gasteiger partial charge in [0.25, 0.3) is 0 Å². The van der Waals surface area contributed by atoms with Crippen LogP contribution < -0.4 is 4.72 Å². The van der Waals surface area contributed by atoms with Gasteiger partial charge < -0.3 is 0 Å². The van der Waals surface area contributed by atoms with E-state index in [1.165, 1.54) is 6.20 Å². The van der Waals surface area contributed by atoms with Crippen LogP contribution in [0, 0.1) is 6.92 Å². The molecule has 0 spiro atoms. The predicted octanol–water partition coefficient (Wildman–Crippen LogP) is 4.69. The van der Waals surface area contributed by atoms with Gasteiger partial charge >= 0.3 is 0 Å². The SMILES string of the molecule is Cc1ccc(-c2c(NS(=O)(=O)CCc3ccccc3)ccnc2Cl)cc1. The minimum atomic E-state index is -3.52. The molecule has 1 aromatic heterocycles. The summed E-state index contributed by atoms with van der Waals surface area (Å²) in [6.45, 7) is 1.99. The van der Waals surface area contributed by atoms with Crippen LogP contribution in [0.2, 0.25) is 5.15 Å². The van der Waals surface area contributed by atoms with Gasteiger partial charge in [0.05, 0.1) is 11.4 Å². The minimum Gasteiger partial charge on any atom is -0.283 e. The lowest BCUT2D eigenvalue weighted by molar-refractivity contribution is 0.600. The summed E-state index contributed by atoms with van der Waals surface area (Å²) in [6.07, 6.45) is 1.93. The van der Waals surface area contributed by atoms with E-state index in [1.807, 2.05) is 61.5 Å². The van der Waals surface area contributed by atoms with E-state index in [-0.39, 0.29) is 10.9 Å². The second-order valence-electron chi connectivity index (χ2n) is 6.05. The highest BCUT2D eigenvalue weighted by Gasteiger charge is 2.17. The van der Waals surface area contributed by atoms with Crippen molar-refractivity contribution in [2.24, 2.45) is 0 Å². The topological polar surface area (TPSA) is 59.1 Å². The number of sulfonamides is 1. The van der Waals surface area contributed by atoms with Crippen LogP contribution in [-0.4, -0.2) is 19.2 Å². The Morgan fingerprint density at radius 3 is 2.38 bits per heavy atom. The normalized spacial score (nSPS) is 11.3. The smallest absolute Gasteiger partial charge is 0.233 e. The average molecular weight is 387 g/mol. The number of nitrogens with one attached hydrogen (secondary N) is 1. The summed E-state index contributed by atoms with van der Waals surface area (Å²) in [5, 5.41) is 0.261. The van der Waals surface area contributed by atoms with Crippen molar-refractivity contribution >= 4 is 27.3 Å². The third-order valence-electron chi connectivity index (χ3n) is 4.01. The Bertz CT molecular complexity index is 988. The number of aromatic nitrogens is 1. The van der Waals surface area contributed by atoms with Crippen molar-refractivity contribution in [3.8, 4) is 11.1 Å². The van der Waals surface area contributed by atoms with E-state index in [4.69, 9.17) is 11.6 Å². The van der Waals surface area contributed by atoms with Crippen molar-refractivity contribution in [1.82, 2.24) is 4.98 Å². The fraction of sp³-hybridized carbons (Fsp3) is 0.150. The maximum absolute atomic E-state index is 12.5. The zero-order chi connectivity index (χ0) is 18.6. The van der Waals surface area contributed by atoms with E-state index in [0.29, 0.717) is 17.7 Å². The van der Waals surface area contributed by atoms with E-state index in [9.17, 15) is 8.42 Å². The van der Waals surface area contributed by atoms with E-state index in [2.05, 4.69) is 9.71 Å². The van der Waals surface area contributed by atoms with Gasteiger partial charge in [-0.1, -0.05) is 71.8 Å². The highest BCUT2D eigenvalue weighted by Crippen LogP contribution is 2.34. The minimum absolute atomic E-state index is 0.00963. The van der Waals surface area contributed by atoms with Gasteiger partial charge in [0.2, 0.25) is 10.0 Å². The summed E-state index contributed by atoms with van der Waals surface area (Å²) in [7, 11) is -3.52. The maximum atomic E-state index is 12.5. The Kier molecular flexibility index (Phi) is 5.59. The summed E-state index contributed by atoms with van der Waals surface area (Å²) >= 11 is 6.26. The molecule has 3 rings (SSSR count). The fourth-order valence-corrected chi connectivity index (χ4v) is 4.01. The van der Waals surface area contributed by atoms with Crippen molar-refractivity contribution in [2.45, 2.75) is 13.3 Å². The Morgan fingerprint density at radius 2 is 1.69 bits per heavy atom. The third kappa shape index (κ3) is 4.62. The van der Waals surface area contributed by atoms with Gasteiger partial charge in [-0.15, -0.1) is 0 Å². The second-order valence-corrected chi connectivity index (χ2v) is 8.25. The lowest BCUT2D eigenvalue weighted by Gasteiger charge is -2.14. The molecule has 0 aliphatic heterocycles. The molecule has 0 unspecified atom stereocenters. The molecular formula is C20H19ClN2O2S. The zero-order valence-corrected chi connectivity index (χ0v) is 15.9. The summed E-state index contributed by atoms with van der Waals surface area (Å²) in [5.74, 6) is -0.00963. The number of hydrogen-bond donors (Lipinski definition) is 1. The van der Waals surface area contributed by atoms with Crippen molar-refractivity contribution in [3.63, 3.8) is 0 Å². The predicted molar refractivity (Wildman–Crippen MR) is 107 cm³/mol. The molecule has 0 aliphatic rings. The molecule has 0 saturated heterocycles. The molecule has 1 heterocycles. The van der Waals surface area contributed by atoms with Gasteiger partial charge in [-0.2, -0.15) is 0 Å². The molecule has 4 nitrogen and oxygen atoms in total. The van der Waals surface area contributed by atoms with Crippen LogP contribution in [0.15, 0.2) is 66.9 Å². The van der Waals surface area contributed by atoms with E-state index < -0.39 is 10.0 Å². The van der Waals surface area contributed by atoms with Crippen LogP contribution in [0.3, 0.4) is 0 Å². The molecule has 0 fully saturated rings. The van der Waals surface area contributed by atoms with Gasteiger partial charge in [0.15, 0.2) is 0 Å². The van der Waals surface area contributed by atoms with E-state index in [1.54, 1.807) is 6.07 Å². The summed E-state index contributed by atoms with van der Waals surface area (Å²) in [6, 6.07) is 18.9. The van der Waals surface area contributed by atoms with Crippen LogP contribution in [0.4, 0.5) is 5.69 Å². The molecule has 2 aromatic carbocycles.